The van der Waals surface area contributed by atoms with Gasteiger partial charge in [-0.05, 0) is 23.8 Å². The molecular formula is C13H13NO5. The number of nitrogens with zero attached hydrogens (tertiary/aromatic N) is 1. The lowest BCUT2D eigenvalue weighted by atomic mass is 9.97. The van der Waals surface area contributed by atoms with E-state index in [2.05, 4.69) is 9.89 Å². The van der Waals surface area contributed by atoms with Crippen LogP contribution in [0, 0.1) is 0 Å². The topological polar surface area (TPSA) is 85.2 Å². The molecule has 0 aromatic heterocycles. The van der Waals surface area contributed by atoms with Gasteiger partial charge in [-0.3, -0.25) is 9.59 Å². The average molecular weight is 263 g/mol. The van der Waals surface area contributed by atoms with E-state index in [4.69, 9.17) is 9.94 Å². The zero-order valence-corrected chi connectivity index (χ0v) is 10.5. The van der Waals surface area contributed by atoms with Crippen LogP contribution < -0.4 is 4.74 Å². The summed E-state index contributed by atoms with van der Waals surface area (Å²) in [5, 5.41) is 12.0. The molecular weight excluding hydrogens is 250 g/mol. The maximum absolute atomic E-state index is 12.1. The molecule has 0 fully saturated rings. The third kappa shape index (κ3) is 2.16. The van der Waals surface area contributed by atoms with Crippen molar-refractivity contribution in [1.82, 2.24) is 0 Å². The van der Waals surface area contributed by atoms with Crippen molar-refractivity contribution in [3.05, 3.63) is 29.3 Å². The van der Waals surface area contributed by atoms with Crippen LogP contribution in [-0.4, -0.2) is 36.9 Å². The van der Waals surface area contributed by atoms with Gasteiger partial charge in [0.1, 0.15) is 5.75 Å². The van der Waals surface area contributed by atoms with Gasteiger partial charge in [-0.15, -0.1) is 0 Å². The number of rotatable bonds is 3. The predicted octanol–water partition coefficient (Wildman–Crippen LogP) is 1.10. The van der Waals surface area contributed by atoms with E-state index in [-0.39, 0.29) is 12.1 Å². The van der Waals surface area contributed by atoms with Crippen molar-refractivity contribution < 1.29 is 24.3 Å². The first kappa shape index (κ1) is 13.1. The second-order valence-corrected chi connectivity index (χ2v) is 4.10. The molecule has 0 bridgehead atoms. The number of benzene rings is 1. The van der Waals surface area contributed by atoms with Crippen LogP contribution in [0.2, 0.25) is 0 Å². The summed E-state index contributed by atoms with van der Waals surface area (Å²) in [6.07, 6.45) is -0.0888. The summed E-state index contributed by atoms with van der Waals surface area (Å²) in [7, 11) is 2.77. The Morgan fingerprint density at radius 2 is 2.16 bits per heavy atom. The summed E-state index contributed by atoms with van der Waals surface area (Å²) in [6, 6.07) is 4.97. The molecule has 100 valence electrons. The molecule has 1 aromatic rings. The van der Waals surface area contributed by atoms with Gasteiger partial charge in [-0.25, -0.2) is 0 Å². The number of ether oxygens (including phenoxy) is 2. The van der Waals surface area contributed by atoms with Gasteiger partial charge in [0.15, 0.2) is 11.5 Å². The minimum Gasteiger partial charge on any atom is -0.497 e. The lowest BCUT2D eigenvalue weighted by Gasteiger charge is -2.09. The molecule has 1 unspecified atom stereocenters. The molecule has 1 aliphatic rings. The number of esters is 1. The van der Waals surface area contributed by atoms with E-state index in [0.717, 1.165) is 0 Å². The first-order valence-electron chi connectivity index (χ1n) is 5.63. The Labute approximate surface area is 109 Å². The fourth-order valence-electron chi connectivity index (χ4n) is 2.17. The van der Waals surface area contributed by atoms with Gasteiger partial charge in [0.25, 0.3) is 0 Å². The number of carbonyl (C=O) groups is 2. The normalized spacial score (nSPS) is 19.4. The van der Waals surface area contributed by atoms with Crippen molar-refractivity contribution >= 4 is 17.5 Å². The van der Waals surface area contributed by atoms with Crippen LogP contribution in [0.1, 0.15) is 23.5 Å². The van der Waals surface area contributed by atoms with Crippen LogP contribution in [0.4, 0.5) is 0 Å². The molecule has 0 heterocycles. The Bertz CT molecular complexity index is 564. The summed E-state index contributed by atoms with van der Waals surface area (Å²) in [6.45, 7) is 0. The van der Waals surface area contributed by atoms with E-state index in [1.54, 1.807) is 18.2 Å². The van der Waals surface area contributed by atoms with Crippen molar-refractivity contribution in [1.29, 1.82) is 0 Å². The summed E-state index contributed by atoms with van der Waals surface area (Å²) in [5.41, 5.74) is 1.09. The lowest BCUT2D eigenvalue weighted by Crippen LogP contribution is -2.17. The Hall–Kier alpha value is -2.37. The zero-order chi connectivity index (χ0) is 14.0. The van der Waals surface area contributed by atoms with Crippen LogP contribution in [-0.2, 0) is 14.3 Å². The van der Waals surface area contributed by atoms with E-state index < -0.39 is 17.7 Å². The van der Waals surface area contributed by atoms with Crippen LogP contribution >= 0.6 is 0 Å². The van der Waals surface area contributed by atoms with Gasteiger partial charge < -0.3 is 14.7 Å². The first-order chi connectivity index (χ1) is 9.12. The molecule has 1 N–H and O–H groups in total. The summed E-state index contributed by atoms with van der Waals surface area (Å²) >= 11 is 0. The van der Waals surface area contributed by atoms with Crippen molar-refractivity contribution in [3.8, 4) is 5.75 Å². The molecule has 1 atom stereocenters. The molecule has 1 aromatic carbocycles. The van der Waals surface area contributed by atoms with E-state index >= 15 is 0 Å². The summed E-state index contributed by atoms with van der Waals surface area (Å²) < 4.78 is 9.67. The van der Waals surface area contributed by atoms with Gasteiger partial charge >= 0.3 is 5.97 Å². The highest BCUT2D eigenvalue weighted by atomic mass is 16.5. The molecule has 0 amide bonds. The molecule has 0 aliphatic heterocycles. The monoisotopic (exact) mass is 263 g/mol. The highest BCUT2D eigenvalue weighted by Crippen LogP contribution is 2.35. The second kappa shape index (κ2) is 5.09. The quantitative estimate of drug-likeness (QED) is 0.501. The Morgan fingerprint density at radius 3 is 2.74 bits per heavy atom. The van der Waals surface area contributed by atoms with Crippen molar-refractivity contribution in [2.45, 2.75) is 12.3 Å². The van der Waals surface area contributed by atoms with Crippen LogP contribution in [0.25, 0.3) is 0 Å². The van der Waals surface area contributed by atoms with Crippen LogP contribution in [0.5, 0.6) is 5.75 Å². The Kier molecular flexibility index (Phi) is 3.50. The second-order valence-electron chi connectivity index (χ2n) is 4.10. The molecule has 19 heavy (non-hydrogen) atoms. The number of oxime groups is 1. The zero-order valence-electron chi connectivity index (χ0n) is 10.5. The van der Waals surface area contributed by atoms with Crippen molar-refractivity contribution in [2.75, 3.05) is 14.2 Å². The Balaban J connectivity index is 2.48. The molecule has 6 heteroatoms. The maximum Gasteiger partial charge on any atom is 0.306 e. The standard InChI is InChI=1S/C13H13NO5/c1-18-7-3-4-8-9(5-7)10(6-11(15)19-2)13(16)12(8)14-17/h3-5,10,17H,6H2,1-2H3. The average Bonchev–Trinajstić information content (AvgIpc) is 2.70. The van der Waals surface area contributed by atoms with E-state index in [1.807, 2.05) is 0 Å². The number of Topliss-reactive ketones (excluding diaryl/α,β-unsaturated/α-hetero) is 1. The van der Waals surface area contributed by atoms with Crippen LogP contribution in [0.3, 0.4) is 0 Å². The van der Waals surface area contributed by atoms with Gasteiger partial charge in [0, 0.05) is 5.56 Å². The summed E-state index contributed by atoms with van der Waals surface area (Å²) in [4.78, 5) is 23.5. The lowest BCUT2D eigenvalue weighted by molar-refractivity contribution is -0.142. The molecule has 0 radical (unpaired) electrons. The number of hydrogen-bond acceptors (Lipinski definition) is 6. The van der Waals surface area contributed by atoms with Crippen molar-refractivity contribution in [2.24, 2.45) is 5.16 Å². The number of fused-ring (bicyclic) bond motifs is 1. The third-order valence-corrected chi connectivity index (χ3v) is 3.14. The van der Waals surface area contributed by atoms with E-state index in [9.17, 15) is 9.59 Å². The molecule has 0 spiro atoms. The van der Waals surface area contributed by atoms with E-state index in [1.165, 1.54) is 14.2 Å². The minimum absolute atomic E-state index is 0.0356. The fraction of sp³-hybridized carbons (Fsp3) is 0.308. The molecule has 2 rings (SSSR count). The molecule has 6 nitrogen and oxygen atoms in total. The number of methoxy groups -OCH3 is 2. The largest absolute Gasteiger partial charge is 0.497 e. The van der Waals surface area contributed by atoms with Crippen LogP contribution in [0.15, 0.2) is 23.4 Å². The highest BCUT2D eigenvalue weighted by molar-refractivity contribution is 6.51. The number of ketones is 1. The van der Waals surface area contributed by atoms with Gasteiger partial charge in [0.05, 0.1) is 26.6 Å². The SMILES string of the molecule is COC(=O)CC1C(=O)C(=NO)c2ccc(OC)cc21. The number of hydrogen-bond donors (Lipinski definition) is 1. The number of carbonyl (C=O) groups excluding carboxylic acids is 2. The Morgan fingerprint density at radius 1 is 1.42 bits per heavy atom. The highest BCUT2D eigenvalue weighted by Gasteiger charge is 2.38. The first-order valence-corrected chi connectivity index (χ1v) is 5.63. The van der Waals surface area contributed by atoms with Gasteiger partial charge in [-0.2, -0.15) is 0 Å². The summed E-state index contributed by atoms with van der Waals surface area (Å²) in [5.74, 6) is -1.01. The van der Waals surface area contributed by atoms with E-state index in [0.29, 0.717) is 16.9 Å². The molecule has 0 saturated heterocycles. The molecule has 0 saturated carbocycles. The fourth-order valence-corrected chi connectivity index (χ4v) is 2.17. The predicted molar refractivity (Wildman–Crippen MR) is 65.7 cm³/mol. The van der Waals surface area contributed by atoms with Gasteiger partial charge in [0.2, 0.25) is 0 Å². The van der Waals surface area contributed by atoms with Crippen molar-refractivity contribution in [3.63, 3.8) is 0 Å². The molecule has 1 aliphatic carbocycles. The maximum atomic E-state index is 12.1. The smallest absolute Gasteiger partial charge is 0.306 e. The van der Waals surface area contributed by atoms with Gasteiger partial charge in [-0.1, -0.05) is 5.16 Å². The third-order valence-electron chi connectivity index (χ3n) is 3.14. The minimum atomic E-state index is -0.691.